The van der Waals surface area contributed by atoms with E-state index in [9.17, 15) is 19.2 Å². The van der Waals surface area contributed by atoms with Crippen LogP contribution in [-0.4, -0.2) is 45.6 Å². The highest BCUT2D eigenvalue weighted by atomic mass is 16.5. The highest BCUT2D eigenvalue weighted by Gasteiger charge is 2.41. The number of ether oxygens (including phenoxy) is 1. The van der Waals surface area contributed by atoms with Crippen molar-refractivity contribution in [2.45, 2.75) is 26.0 Å². The molecular formula is C22H18N2O5. The monoisotopic (exact) mass is 390 g/mol. The Balaban J connectivity index is 1.50. The molecule has 7 nitrogen and oxygen atoms in total. The molecule has 1 aromatic heterocycles. The number of amides is 2. The number of hydrogen-bond acceptors (Lipinski definition) is 5. The summed E-state index contributed by atoms with van der Waals surface area (Å²) in [5.74, 6) is -2.29. The van der Waals surface area contributed by atoms with Crippen LogP contribution in [0.25, 0.3) is 10.9 Å². The van der Waals surface area contributed by atoms with E-state index in [0.29, 0.717) is 5.56 Å². The SMILES string of the molecule is C[C@H](OC(=O)[C@@H](C)N1C(=O)c2ccccc2C1=O)C(=O)c1c[nH]c2ccccc12. The van der Waals surface area contributed by atoms with E-state index in [2.05, 4.69) is 4.98 Å². The maximum Gasteiger partial charge on any atom is 0.329 e. The first-order chi connectivity index (χ1) is 13.9. The molecule has 0 spiro atoms. The lowest BCUT2D eigenvalue weighted by molar-refractivity contribution is -0.150. The molecule has 0 fully saturated rings. The van der Waals surface area contributed by atoms with Crippen LogP contribution in [0, 0.1) is 0 Å². The summed E-state index contributed by atoms with van der Waals surface area (Å²) in [4.78, 5) is 54.3. The molecule has 4 rings (SSSR count). The Morgan fingerprint density at radius 1 is 0.931 bits per heavy atom. The fourth-order valence-electron chi connectivity index (χ4n) is 3.49. The van der Waals surface area contributed by atoms with Crippen molar-refractivity contribution >= 4 is 34.5 Å². The van der Waals surface area contributed by atoms with Crippen molar-refractivity contribution in [1.29, 1.82) is 0 Å². The molecule has 3 aromatic rings. The van der Waals surface area contributed by atoms with Gasteiger partial charge in [0.15, 0.2) is 6.10 Å². The molecule has 0 unspecified atom stereocenters. The van der Waals surface area contributed by atoms with Crippen molar-refractivity contribution in [3.8, 4) is 0 Å². The molecule has 0 bridgehead atoms. The first-order valence-corrected chi connectivity index (χ1v) is 9.18. The standard InChI is InChI=1S/C22H18N2O5/c1-12(24-20(26)15-8-3-4-9-16(15)21(24)27)22(28)29-13(2)19(25)17-11-23-18-10-6-5-7-14(17)18/h3-13,23H,1-2H3/t12-,13+/m1/s1. The normalized spacial score (nSPS) is 15.3. The number of aromatic nitrogens is 1. The van der Waals surface area contributed by atoms with E-state index in [4.69, 9.17) is 4.74 Å². The number of ketones is 1. The number of para-hydroxylation sites is 1. The number of fused-ring (bicyclic) bond motifs is 2. The Morgan fingerprint density at radius 2 is 1.52 bits per heavy atom. The Bertz CT molecular complexity index is 1130. The van der Waals surface area contributed by atoms with Gasteiger partial charge in [0.2, 0.25) is 5.78 Å². The average Bonchev–Trinajstić information content (AvgIpc) is 3.26. The van der Waals surface area contributed by atoms with E-state index in [0.717, 1.165) is 15.8 Å². The zero-order valence-corrected chi connectivity index (χ0v) is 15.8. The molecule has 2 atom stereocenters. The summed E-state index contributed by atoms with van der Waals surface area (Å²) in [6.45, 7) is 2.88. The number of nitrogens with zero attached hydrogens (tertiary/aromatic N) is 1. The quantitative estimate of drug-likeness (QED) is 0.410. The number of aromatic amines is 1. The Labute approximate surface area is 166 Å². The van der Waals surface area contributed by atoms with Gasteiger partial charge in [0.25, 0.3) is 11.8 Å². The summed E-state index contributed by atoms with van der Waals surface area (Å²) < 4.78 is 5.31. The van der Waals surface area contributed by atoms with Gasteiger partial charge in [-0.15, -0.1) is 0 Å². The van der Waals surface area contributed by atoms with Crippen molar-refractivity contribution in [3.05, 3.63) is 71.4 Å². The van der Waals surface area contributed by atoms with E-state index in [1.165, 1.54) is 26.0 Å². The van der Waals surface area contributed by atoms with Gasteiger partial charge in [0, 0.05) is 22.7 Å². The zero-order valence-electron chi connectivity index (χ0n) is 15.8. The Hall–Kier alpha value is -3.74. The highest BCUT2D eigenvalue weighted by molar-refractivity contribution is 6.22. The first kappa shape index (κ1) is 18.6. The van der Waals surface area contributed by atoms with Crippen LogP contribution in [0.1, 0.15) is 44.9 Å². The van der Waals surface area contributed by atoms with Crippen molar-refractivity contribution in [1.82, 2.24) is 9.88 Å². The van der Waals surface area contributed by atoms with Gasteiger partial charge in [0.1, 0.15) is 6.04 Å². The summed E-state index contributed by atoms with van der Waals surface area (Å²) in [5.41, 5.74) is 1.71. The fourth-order valence-corrected chi connectivity index (χ4v) is 3.49. The van der Waals surface area contributed by atoms with Crippen LogP contribution in [0.3, 0.4) is 0 Å². The summed E-state index contributed by atoms with van der Waals surface area (Å²) >= 11 is 0. The van der Waals surface area contributed by atoms with Crippen LogP contribution < -0.4 is 0 Å². The molecule has 1 aliphatic heterocycles. The lowest BCUT2D eigenvalue weighted by Gasteiger charge is -2.22. The maximum atomic E-state index is 12.8. The van der Waals surface area contributed by atoms with E-state index in [-0.39, 0.29) is 16.9 Å². The second-order valence-electron chi connectivity index (χ2n) is 6.89. The van der Waals surface area contributed by atoms with Gasteiger partial charge in [-0.3, -0.25) is 19.3 Å². The molecule has 1 N–H and O–H groups in total. The van der Waals surface area contributed by atoms with E-state index in [1.54, 1.807) is 24.4 Å². The number of H-pyrrole nitrogens is 1. The predicted molar refractivity (Wildman–Crippen MR) is 105 cm³/mol. The van der Waals surface area contributed by atoms with Gasteiger partial charge >= 0.3 is 5.97 Å². The molecule has 1 aliphatic rings. The van der Waals surface area contributed by atoms with Crippen LogP contribution >= 0.6 is 0 Å². The average molecular weight is 390 g/mol. The fraction of sp³-hybridized carbons (Fsp3) is 0.182. The number of imide groups is 1. The number of esters is 1. The number of hydrogen-bond donors (Lipinski definition) is 1. The zero-order chi connectivity index (χ0) is 20.7. The third-order valence-corrected chi connectivity index (χ3v) is 5.07. The first-order valence-electron chi connectivity index (χ1n) is 9.18. The second kappa shape index (κ2) is 7.01. The van der Waals surface area contributed by atoms with Gasteiger partial charge in [-0.05, 0) is 32.0 Å². The van der Waals surface area contributed by atoms with Crippen molar-refractivity contribution in [2.75, 3.05) is 0 Å². The number of carbonyl (C=O) groups is 4. The minimum atomic E-state index is -1.15. The van der Waals surface area contributed by atoms with E-state index < -0.39 is 29.9 Å². The molecule has 0 saturated carbocycles. The molecule has 0 saturated heterocycles. The molecule has 0 radical (unpaired) electrons. The van der Waals surface area contributed by atoms with E-state index in [1.807, 2.05) is 18.2 Å². The number of benzene rings is 2. The van der Waals surface area contributed by atoms with E-state index >= 15 is 0 Å². The van der Waals surface area contributed by atoms with Gasteiger partial charge in [-0.25, -0.2) is 4.79 Å². The number of carbonyl (C=O) groups excluding carboxylic acids is 4. The third-order valence-electron chi connectivity index (χ3n) is 5.07. The molecule has 2 aromatic carbocycles. The minimum Gasteiger partial charge on any atom is -0.453 e. The second-order valence-corrected chi connectivity index (χ2v) is 6.89. The van der Waals surface area contributed by atoms with Gasteiger partial charge in [0.05, 0.1) is 11.1 Å². The molecule has 146 valence electrons. The predicted octanol–water partition coefficient (Wildman–Crippen LogP) is 2.97. The smallest absolute Gasteiger partial charge is 0.329 e. The summed E-state index contributed by atoms with van der Waals surface area (Å²) in [6, 6.07) is 12.5. The van der Waals surface area contributed by atoms with Crippen molar-refractivity contribution in [3.63, 3.8) is 0 Å². The van der Waals surface area contributed by atoms with Crippen molar-refractivity contribution in [2.24, 2.45) is 0 Å². The van der Waals surface area contributed by atoms with Crippen LogP contribution in [0.2, 0.25) is 0 Å². The summed E-state index contributed by atoms with van der Waals surface area (Å²) in [6.07, 6.45) is 0.504. The van der Waals surface area contributed by atoms with Gasteiger partial charge in [-0.2, -0.15) is 0 Å². The van der Waals surface area contributed by atoms with Crippen molar-refractivity contribution < 1.29 is 23.9 Å². The Kier molecular flexibility index (Phi) is 4.50. The molecule has 2 heterocycles. The number of Topliss-reactive ketones (excluding diaryl/α,β-unsaturated/α-hetero) is 1. The summed E-state index contributed by atoms with van der Waals surface area (Å²) in [5, 5.41) is 0.730. The molecule has 2 amide bonds. The topological polar surface area (TPSA) is 96.5 Å². The minimum absolute atomic E-state index is 0.250. The molecule has 7 heteroatoms. The molecule has 29 heavy (non-hydrogen) atoms. The third kappa shape index (κ3) is 3.00. The molecular weight excluding hydrogens is 372 g/mol. The lowest BCUT2D eigenvalue weighted by Crippen LogP contribution is -2.45. The van der Waals surface area contributed by atoms with Crippen LogP contribution in [0.5, 0.6) is 0 Å². The van der Waals surface area contributed by atoms with Crippen LogP contribution in [0.4, 0.5) is 0 Å². The number of rotatable bonds is 5. The summed E-state index contributed by atoms with van der Waals surface area (Å²) in [7, 11) is 0. The maximum absolute atomic E-state index is 12.8. The Morgan fingerprint density at radius 3 is 2.17 bits per heavy atom. The largest absolute Gasteiger partial charge is 0.453 e. The molecule has 0 aliphatic carbocycles. The van der Waals surface area contributed by atoms with Crippen LogP contribution in [0.15, 0.2) is 54.7 Å². The highest BCUT2D eigenvalue weighted by Crippen LogP contribution is 2.25. The lowest BCUT2D eigenvalue weighted by atomic mass is 10.1. The number of nitrogens with one attached hydrogen (secondary N) is 1. The van der Waals surface area contributed by atoms with Gasteiger partial charge in [-0.1, -0.05) is 30.3 Å². The van der Waals surface area contributed by atoms with Gasteiger partial charge < -0.3 is 9.72 Å². The van der Waals surface area contributed by atoms with Crippen LogP contribution in [-0.2, 0) is 9.53 Å².